The molecule has 37 heavy (non-hydrogen) atoms. The lowest BCUT2D eigenvalue weighted by Crippen LogP contribution is -2.39. The van der Waals surface area contributed by atoms with Gasteiger partial charge in [0.1, 0.15) is 16.7 Å². The highest BCUT2D eigenvalue weighted by molar-refractivity contribution is 7.17. The van der Waals surface area contributed by atoms with Crippen molar-refractivity contribution in [1.29, 1.82) is 5.26 Å². The van der Waals surface area contributed by atoms with Crippen LogP contribution in [0.25, 0.3) is 0 Å². The molecular weight excluding hydrogens is 486 g/mol. The number of anilines is 1. The molecule has 7 nitrogen and oxygen atoms in total. The first-order chi connectivity index (χ1) is 17.7. The molecule has 4 rings (SSSR count). The Morgan fingerprint density at radius 2 is 1.51 bits per heavy atom. The van der Waals surface area contributed by atoms with Crippen molar-refractivity contribution >= 4 is 34.2 Å². The Labute approximate surface area is 220 Å². The fourth-order valence-electron chi connectivity index (χ4n) is 4.21. The maximum Gasteiger partial charge on any atom is 0.410 e. The fraction of sp³-hybridized carbons (Fsp3) is 0.310. The predicted octanol–water partition coefficient (Wildman–Crippen LogP) is 5.26. The van der Waals surface area contributed by atoms with E-state index in [1.54, 1.807) is 4.90 Å². The van der Waals surface area contributed by atoms with Crippen LogP contribution in [0.4, 0.5) is 9.80 Å². The van der Waals surface area contributed by atoms with E-state index in [4.69, 9.17) is 4.74 Å². The molecule has 0 fully saturated rings. The summed E-state index contributed by atoms with van der Waals surface area (Å²) in [7, 11) is 0. The number of nitrogens with zero attached hydrogens (tertiary/aromatic N) is 3. The summed E-state index contributed by atoms with van der Waals surface area (Å²) in [6, 6.07) is 20.7. The number of thiophene rings is 1. The van der Waals surface area contributed by atoms with Crippen LogP contribution in [0.5, 0.6) is 0 Å². The van der Waals surface area contributed by atoms with Gasteiger partial charge in [-0.25, -0.2) is 9.69 Å². The van der Waals surface area contributed by atoms with E-state index < -0.39 is 23.5 Å². The van der Waals surface area contributed by atoms with E-state index in [2.05, 4.69) is 6.07 Å². The van der Waals surface area contributed by atoms with Gasteiger partial charge in [-0.2, -0.15) is 5.26 Å². The van der Waals surface area contributed by atoms with Gasteiger partial charge in [0.05, 0.1) is 24.9 Å². The van der Waals surface area contributed by atoms with Crippen molar-refractivity contribution in [3.8, 4) is 6.07 Å². The second kappa shape index (κ2) is 11.0. The largest absolute Gasteiger partial charge is 0.444 e. The van der Waals surface area contributed by atoms with Gasteiger partial charge in [0.15, 0.2) is 0 Å². The Hall–Kier alpha value is -3.96. The first-order valence-electron chi connectivity index (χ1n) is 12.1. The maximum atomic E-state index is 13.6. The number of amides is 3. The number of ether oxygens (including phenoxy) is 1. The summed E-state index contributed by atoms with van der Waals surface area (Å²) in [6.45, 7) is 6.09. The number of fused-ring (bicyclic) bond motifs is 1. The van der Waals surface area contributed by atoms with Crippen LogP contribution in [0, 0.1) is 11.3 Å². The second-order valence-corrected chi connectivity index (χ2v) is 11.0. The molecule has 0 N–H and O–H groups in total. The molecule has 8 heteroatoms. The van der Waals surface area contributed by atoms with Crippen molar-refractivity contribution < 1.29 is 19.1 Å². The highest BCUT2D eigenvalue weighted by atomic mass is 32.1. The van der Waals surface area contributed by atoms with Crippen LogP contribution in [0.3, 0.4) is 0 Å². The van der Waals surface area contributed by atoms with Gasteiger partial charge in [-0.3, -0.25) is 9.59 Å². The number of hydrogen-bond donors (Lipinski definition) is 0. The zero-order valence-electron chi connectivity index (χ0n) is 21.2. The smallest absolute Gasteiger partial charge is 0.410 e. The number of benzene rings is 2. The Balaban J connectivity index is 1.68. The molecule has 0 spiro atoms. The van der Waals surface area contributed by atoms with E-state index in [1.807, 2.05) is 81.4 Å². The second-order valence-electron chi connectivity index (χ2n) is 9.90. The van der Waals surface area contributed by atoms with E-state index in [9.17, 15) is 19.6 Å². The van der Waals surface area contributed by atoms with E-state index in [1.165, 1.54) is 16.2 Å². The summed E-state index contributed by atoms with van der Waals surface area (Å²) in [5, 5.41) is 10.4. The van der Waals surface area contributed by atoms with Gasteiger partial charge >= 0.3 is 6.09 Å². The van der Waals surface area contributed by atoms with Crippen molar-refractivity contribution in [2.45, 2.75) is 52.2 Å². The van der Waals surface area contributed by atoms with Gasteiger partial charge in [-0.1, -0.05) is 60.7 Å². The molecule has 3 amide bonds. The number of hydrogen-bond acceptors (Lipinski definition) is 6. The van der Waals surface area contributed by atoms with Gasteiger partial charge in [0, 0.05) is 11.4 Å². The summed E-state index contributed by atoms with van der Waals surface area (Å²) in [5.41, 5.74) is 2.04. The normalized spacial score (nSPS) is 12.9. The van der Waals surface area contributed by atoms with Crippen LogP contribution >= 0.6 is 11.3 Å². The SMILES string of the molecule is CC(C)(C)OC(=O)N1CCc2c(sc(N(C(=O)Cc3ccccc3)C(=O)Cc3ccccc3)c2C#N)C1. The molecule has 2 heterocycles. The van der Waals surface area contributed by atoms with Crippen molar-refractivity contribution in [2.24, 2.45) is 0 Å². The number of carbonyl (C=O) groups is 3. The number of rotatable bonds is 5. The van der Waals surface area contributed by atoms with Crippen LogP contribution < -0.4 is 4.90 Å². The van der Waals surface area contributed by atoms with Gasteiger partial charge in [0.2, 0.25) is 11.8 Å². The third kappa shape index (κ3) is 6.25. The number of nitriles is 1. The fourth-order valence-corrected chi connectivity index (χ4v) is 5.56. The molecule has 2 aromatic carbocycles. The molecule has 1 aromatic heterocycles. The molecule has 3 aromatic rings. The highest BCUT2D eigenvalue weighted by Crippen LogP contribution is 2.40. The van der Waals surface area contributed by atoms with E-state index >= 15 is 0 Å². The van der Waals surface area contributed by atoms with Gasteiger partial charge in [0.25, 0.3) is 0 Å². The Kier molecular flexibility index (Phi) is 7.74. The van der Waals surface area contributed by atoms with Crippen molar-refractivity contribution in [3.05, 3.63) is 87.8 Å². The lowest BCUT2D eigenvalue weighted by Gasteiger charge is -2.29. The van der Waals surface area contributed by atoms with Crippen LogP contribution in [0.2, 0.25) is 0 Å². The van der Waals surface area contributed by atoms with Gasteiger partial charge in [-0.05, 0) is 43.9 Å². The van der Waals surface area contributed by atoms with Gasteiger partial charge in [-0.15, -0.1) is 11.3 Å². The molecule has 0 radical (unpaired) electrons. The van der Waals surface area contributed by atoms with Crippen LogP contribution in [0.1, 0.15) is 47.9 Å². The standard InChI is InChI=1S/C29H29N3O4S/c1-29(2,3)36-28(35)31-15-14-22-23(18-30)27(37-24(22)19-31)32(25(33)16-20-10-6-4-7-11-20)26(34)17-21-12-8-5-9-13-21/h4-13H,14-17,19H2,1-3H3. The van der Waals surface area contributed by atoms with E-state index in [0.29, 0.717) is 23.5 Å². The van der Waals surface area contributed by atoms with Crippen LogP contribution in [-0.2, 0) is 40.1 Å². The zero-order valence-corrected chi connectivity index (χ0v) is 22.0. The molecule has 190 valence electrons. The molecule has 0 atom stereocenters. The Morgan fingerprint density at radius 1 is 0.973 bits per heavy atom. The Bertz CT molecular complexity index is 1280. The van der Waals surface area contributed by atoms with E-state index in [-0.39, 0.29) is 19.4 Å². The summed E-state index contributed by atoms with van der Waals surface area (Å²) in [5.74, 6) is -0.794. The topological polar surface area (TPSA) is 90.7 Å². The summed E-state index contributed by atoms with van der Waals surface area (Å²) >= 11 is 1.22. The molecule has 0 unspecified atom stereocenters. The quantitative estimate of drug-likeness (QED) is 0.462. The first kappa shape index (κ1) is 26.1. The molecule has 0 bridgehead atoms. The van der Waals surface area contributed by atoms with Crippen molar-refractivity contribution in [3.63, 3.8) is 0 Å². The first-order valence-corrected chi connectivity index (χ1v) is 12.9. The highest BCUT2D eigenvalue weighted by Gasteiger charge is 2.34. The average molecular weight is 516 g/mol. The number of imide groups is 1. The van der Waals surface area contributed by atoms with Crippen molar-refractivity contribution in [1.82, 2.24) is 4.90 Å². The lowest BCUT2D eigenvalue weighted by molar-refractivity contribution is -0.125. The zero-order chi connectivity index (χ0) is 26.6. The monoisotopic (exact) mass is 515 g/mol. The van der Waals surface area contributed by atoms with Crippen molar-refractivity contribution in [2.75, 3.05) is 11.4 Å². The minimum absolute atomic E-state index is 0.0266. The molecular formula is C29H29N3O4S. The summed E-state index contributed by atoms with van der Waals surface area (Å²) < 4.78 is 5.52. The predicted molar refractivity (Wildman–Crippen MR) is 142 cm³/mol. The Morgan fingerprint density at radius 3 is 2.00 bits per heavy atom. The van der Waals surface area contributed by atoms with Crippen LogP contribution in [-0.4, -0.2) is 35.0 Å². The van der Waals surface area contributed by atoms with Gasteiger partial charge < -0.3 is 9.64 Å². The molecule has 1 aliphatic rings. The molecule has 0 saturated heterocycles. The molecule has 0 saturated carbocycles. The third-order valence-corrected chi connectivity index (χ3v) is 7.10. The number of carbonyl (C=O) groups excluding carboxylic acids is 3. The van der Waals surface area contributed by atoms with E-state index in [0.717, 1.165) is 21.6 Å². The minimum Gasteiger partial charge on any atom is -0.444 e. The summed E-state index contributed by atoms with van der Waals surface area (Å²) in [6.07, 6.45) is 0.0722. The average Bonchev–Trinajstić information content (AvgIpc) is 3.21. The summed E-state index contributed by atoms with van der Waals surface area (Å²) in [4.78, 5) is 43.4. The lowest BCUT2D eigenvalue weighted by atomic mass is 10.0. The maximum absolute atomic E-state index is 13.6. The molecule has 0 aliphatic carbocycles. The third-order valence-electron chi connectivity index (χ3n) is 5.90. The van der Waals surface area contributed by atoms with Crippen LogP contribution in [0.15, 0.2) is 60.7 Å². The molecule has 1 aliphatic heterocycles. The minimum atomic E-state index is -0.625.